The van der Waals surface area contributed by atoms with Gasteiger partial charge in [0.1, 0.15) is 12.1 Å². The number of methoxy groups -OCH3 is 3. The average Bonchev–Trinajstić information content (AvgIpc) is 3.88. The third-order valence-corrected chi connectivity index (χ3v) is 21.9. The monoisotopic (exact) mass is 806 g/mol. The molecule has 3 aromatic heterocycles. The number of anilines is 3. The van der Waals surface area contributed by atoms with E-state index in [9.17, 15) is 0 Å². The lowest BCUT2D eigenvalue weighted by Crippen LogP contribution is -2.45. The van der Waals surface area contributed by atoms with E-state index in [4.69, 9.17) is 43.1 Å². The van der Waals surface area contributed by atoms with Gasteiger partial charge in [0.25, 0.3) is 0 Å². The Morgan fingerprint density at radius 1 is 0.839 bits per heavy atom. The van der Waals surface area contributed by atoms with Gasteiger partial charge in [-0.2, -0.15) is 15.1 Å². The van der Waals surface area contributed by atoms with E-state index in [0.717, 1.165) is 73.3 Å². The van der Waals surface area contributed by atoms with Gasteiger partial charge in [-0.05, 0) is 81.7 Å². The molecule has 15 heteroatoms. The first-order valence-corrected chi connectivity index (χ1v) is 26.0. The van der Waals surface area contributed by atoms with E-state index in [-0.39, 0.29) is 28.3 Å². The van der Waals surface area contributed by atoms with E-state index in [1.165, 1.54) is 0 Å². The molecule has 0 unspecified atom stereocenters. The number of aryl methyl sites for hydroxylation is 1. The fourth-order valence-electron chi connectivity index (χ4n) is 7.37. The Hall–Kier alpha value is -3.67. The number of ether oxygens (including phenoxy) is 3. The van der Waals surface area contributed by atoms with Crippen LogP contribution in [0.4, 0.5) is 17.6 Å². The summed E-state index contributed by atoms with van der Waals surface area (Å²) in [6, 6.07) is 4.21. The predicted octanol–water partition coefficient (Wildman–Crippen LogP) is 9.59. The topological polar surface area (TPSA) is 123 Å². The summed E-state index contributed by atoms with van der Waals surface area (Å²) in [4.78, 5) is 17.6. The molecule has 0 amide bonds. The molecule has 1 atom stereocenters. The Labute approximate surface area is 336 Å². The van der Waals surface area contributed by atoms with Crippen molar-refractivity contribution in [3.05, 3.63) is 30.4 Å². The quantitative estimate of drug-likeness (QED) is 0.130. The van der Waals surface area contributed by atoms with Crippen molar-refractivity contribution in [3.63, 3.8) is 0 Å². The van der Waals surface area contributed by atoms with Crippen LogP contribution in [0.2, 0.25) is 36.3 Å². The van der Waals surface area contributed by atoms with E-state index >= 15 is 0 Å². The molecule has 308 valence electrons. The van der Waals surface area contributed by atoms with Gasteiger partial charge >= 0.3 is 0 Å². The summed E-state index contributed by atoms with van der Waals surface area (Å²) in [7, 11) is 1.00. The standard InChI is InChI=1S/C41H66N8O5Si2/c1-27-35-37(48-21-15-16-29(48)25-53-55(11,12)40(2,3)4)44-39(43-34-24-47(26-42-34)30-22-32(50-8)36(52-10)33(23-30)51-9)45-38(35)49(46-27)28-17-19-31(20-18-28)54-56(13,14)41(5,6)7/h22-24,26,28-29,31H,15-21,25H2,1-14H3,(H,43,44,45)/t28-,29-,31+/m0/s1. The van der Waals surface area contributed by atoms with Crippen molar-refractivity contribution >= 4 is 45.3 Å². The maximum Gasteiger partial charge on any atom is 0.232 e. The molecule has 0 spiro atoms. The van der Waals surface area contributed by atoms with Crippen LogP contribution in [0.15, 0.2) is 24.7 Å². The van der Waals surface area contributed by atoms with Crippen molar-refractivity contribution in [1.29, 1.82) is 0 Å². The summed E-state index contributed by atoms with van der Waals surface area (Å²) < 4.78 is 34.5. The fourth-order valence-corrected chi connectivity index (χ4v) is 9.84. The highest BCUT2D eigenvalue weighted by Crippen LogP contribution is 2.43. The molecule has 0 radical (unpaired) electrons. The summed E-state index contributed by atoms with van der Waals surface area (Å²) in [6.07, 6.45) is 10.1. The molecule has 4 aromatic rings. The van der Waals surface area contributed by atoms with Gasteiger partial charge in [-0.25, -0.2) is 9.67 Å². The summed E-state index contributed by atoms with van der Waals surface area (Å²) in [5, 5.41) is 10.0. The van der Waals surface area contributed by atoms with Crippen molar-refractivity contribution in [3.8, 4) is 22.9 Å². The SMILES string of the molecule is COc1cc(-n2cnc(Nc3nc(N4CCC[C@H]4CO[Si](C)(C)C(C)(C)C)c4c(C)nn([C@H]5CC[C@@H](O[Si](C)(C)C(C)(C)C)CC5)c4n3)c2)cc(OC)c1OC. The van der Waals surface area contributed by atoms with Crippen LogP contribution in [0.1, 0.15) is 91.8 Å². The van der Waals surface area contributed by atoms with Gasteiger partial charge < -0.3 is 37.8 Å². The van der Waals surface area contributed by atoms with Crippen molar-refractivity contribution < 1.29 is 23.1 Å². The number of aromatic nitrogens is 6. The molecule has 1 saturated carbocycles. The lowest BCUT2D eigenvalue weighted by Gasteiger charge is -2.41. The molecule has 4 heterocycles. The van der Waals surface area contributed by atoms with Crippen LogP contribution in [0, 0.1) is 6.92 Å². The van der Waals surface area contributed by atoms with Crippen molar-refractivity contribution in [1.82, 2.24) is 29.3 Å². The van der Waals surface area contributed by atoms with Crippen molar-refractivity contribution in [2.24, 2.45) is 0 Å². The average molecular weight is 807 g/mol. The first kappa shape index (κ1) is 42.0. The zero-order valence-corrected chi connectivity index (χ0v) is 38.4. The molecule has 1 aliphatic heterocycles. The third-order valence-electron chi connectivity index (χ3n) is 12.8. The molecule has 13 nitrogen and oxygen atoms in total. The van der Waals surface area contributed by atoms with Gasteiger partial charge in [-0.15, -0.1) is 0 Å². The summed E-state index contributed by atoms with van der Waals surface area (Å²) in [5.41, 5.74) is 2.60. The Morgan fingerprint density at radius 2 is 1.48 bits per heavy atom. The maximum atomic E-state index is 6.87. The van der Waals surface area contributed by atoms with Gasteiger partial charge in [-0.3, -0.25) is 0 Å². The van der Waals surface area contributed by atoms with E-state index in [2.05, 4.69) is 89.6 Å². The van der Waals surface area contributed by atoms with Crippen LogP contribution < -0.4 is 24.4 Å². The smallest absolute Gasteiger partial charge is 0.232 e. The Morgan fingerprint density at radius 3 is 2.07 bits per heavy atom. The van der Waals surface area contributed by atoms with Crippen molar-refractivity contribution in [2.45, 2.75) is 141 Å². The molecule has 6 rings (SSSR count). The highest BCUT2D eigenvalue weighted by atomic mass is 28.4. The number of hydrogen-bond donors (Lipinski definition) is 1. The van der Waals surface area contributed by atoms with Crippen LogP contribution in [0.3, 0.4) is 0 Å². The predicted molar refractivity (Wildman–Crippen MR) is 230 cm³/mol. The molecule has 0 bridgehead atoms. The second kappa shape index (κ2) is 15.9. The zero-order valence-electron chi connectivity index (χ0n) is 36.4. The van der Waals surface area contributed by atoms with E-state index in [1.54, 1.807) is 27.7 Å². The Bertz CT molecular complexity index is 1970. The molecule has 1 aromatic carbocycles. The minimum atomic E-state index is -1.95. The number of hydrogen-bond acceptors (Lipinski definition) is 11. The summed E-state index contributed by atoms with van der Waals surface area (Å²) in [6.45, 7) is 26.9. The maximum absolute atomic E-state index is 6.87. The first-order chi connectivity index (χ1) is 26.3. The molecule has 56 heavy (non-hydrogen) atoms. The fraction of sp³-hybridized carbons (Fsp3) is 0.659. The van der Waals surface area contributed by atoms with Crippen LogP contribution in [0.5, 0.6) is 17.2 Å². The summed E-state index contributed by atoms with van der Waals surface area (Å²) >= 11 is 0. The molecular formula is C41H66N8O5Si2. The zero-order chi connectivity index (χ0) is 40.8. The molecule has 2 aliphatic rings. The first-order valence-electron chi connectivity index (χ1n) is 20.2. The number of fused-ring (bicyclic) bond motifs is 1. The van der Waals surface area contributed by atoms with Crippen LogP contribution in [-0.2, 0) is 8.85 Å². The van der Waals surface area contributed by atoms with E-state index in [0.29, 0.717) is 35.6 Å². The molecule has 2 fully saturated rings. The Kier molecular flexibility index (Phi) is 11.9. The lowest BCUT2D eigenvalue weighted by molar-refractivity contribution is 0.116. The lowest BCUT2D eigenvalue weighted by atomic mass is 9.93. The highest BCUT2D eigenvalue weighted by molar-refractivity contribution is 6.74. The van der Waals surface area contributed by atoms with Crippen molar-refractivity contribution in [2.75, 3.05) is 44.7 Å². The largest absolute Gasteiger partial charge is 0.493 e. The van der Waals surface area contributed by atoms with E-state index in [1.807, 2.05) is 22.9 Å². The number of nitrogens with one attached hydrogen (secondary N) is 1. The third kappa shape index (κ3) is 8.46. The number of benzene rings is 1. The van der Waals surface area contributed by atoms with Gasteiger partial charge in [-0.1, -0.05) is 41.5 Å². The van der Waals surface area contributed by atoms with Crippen LogP contribution in [-0.4, -0.2) is 92.6 Å². The van der Waals surface area contributed by atoms with E-state index < -0.39 is 16.6 Å². The normalized spacial score (nSPS) is 19.8. The molecule has 1 N–H and O–H groups in total. The van der Waals surface area contributed by atoms with Crippen LogP contribution in [0.25, 0.3) is 16.7 Å². The number of rotatable bonds is 13. The minimum Gasteiger partial charge on any atom is -0.493 e. The molecule has 1 saturated heterocycles. The van der Waals surface area contributed by atoms with Gasteiger partial charge in [0.05, 0.1) is 63.0 Å². The molecular weight excluding hydrogens is 741 g/mol. The van der Waals surface area contributed by atoms with Gasteiger partial charge in [0.15, 0.2) is 39.6 Å². The number of imidazole rings is 1. The van der Waals surface area contributed by atoms with Crippen LogP contribution >= 0.6 is 0 Å². The summed E-state index contributed by atoms with van der Waals surface area (Å²) in [5.74, 6) is 3.64. The second-order valence-electron chi connectivity index (χ2n) is 18.6. The van der Waals surface area contributed by atoms with Gasteiger partial charge in [0.2, 0.25) is 11.7 Å². The highest BCUT2D eigenvalue weighted by Gasteiger charge is 2.41. The molecule has 1 aliphatic carbocycles. The van der Waals surface area contributed by atoms with Gasteiger partial charge in [0, 0.05) is 24.8 Å². The second-order valence-corrected chi connectivity index (χ2v) is 28.2. The Balaban J connectivity index is 1.35. The minimum absolute atomic E-state index is 0.133. The number of nitrogens with zero attached hydrogens (tertiary/aromatic N) is 7.